The zero-order chi connectivity index (χ0) is 15.7. The quantitative estimate of drug-likeness (QED) is 0.697. The van der Waals surface area contributed by atoms with E-state index in [9.17, 15) is 4.79 Å². The topological polar surface area (TPSA) is 57.0 Å². The Kier molecular flexibility index (Phi) is 3.63. The Morgan fingerprint density at radius 2 is 2.09 bits per heavy atom. The van der Waals surface area contributed by atoms with E-state index in [2.05, 4.69) is 9.97 Å². The maximum Gasteiger partial charge on any atom is 0.354 e. The van der Waals surface area contributed by atoms with Gasteiger partial charge in [0.25, 0.3) is 0 Å². The van der Waals surface area contributed by atoms with Crippen molar-refractivity contribution in [1.29, 1.82) is 0 Å². The van der Waals surface area contributed by atoms with Crippen LogP contribution < -0.4 is 0 Å². The molecule has 2 aromatic heterocycles. The Hall–Kier alpha value is -2.69. The van der Waals surface area contributed by atoms with Crippen molar-refractivity contribution in [2.75, 3.05) is 6.61 Å². The molecule has 5 nitrogen and oxygen atoms in total. The molecule has 0 aliphatic rings. The van der Waals surface area contributed by atoms with Gasteiger partial charge in [0.05, 0.1) is 6.61 Å². The van der Waals surface area contributed by atoms with Crippen molar-refractivity contribution >= 4 is 16.9 Å². The van der Waals surface area contributed by atoms with Crippen molar-refractivity contribution < 1.29 is 9.53 Å². The molecule has 0 saturated heterocycles. The predicted octanol–water partition coefficient (Wildman–Crippen LogP) is 3.12. The van der Waals surface area contributed by atoms with Gasteiger partial charge >= 0.3 is 5.97 Å². The molecule has 3 aromatic rings. The largest absolute Gasteiger partial charge is 0.461 e. The molecule has 22 heavy (non-hydrogen) atoms. The number of carbonyl (C=O) groups excluding carboxylic acids is 1. The predicted molar refractivity (Wildman–Crippen MR) is 84.6 cm³/mol. The smallest absolute Gasteiger partial charge is 0.354 e. The number of aromatic nitrogens is 3. The van der Waals surface area contributed by atoms with Crippen LogP contribution in [0.2, 0.25) is 0 Å². The van der Waals surface area contributed by atoms with Crippen molar-refractivity contribution in [3.63, 3.8) is 0 Å². The summed E-state index contributed by atoms with van der Waals surface area (Å²) in [5.41, 5.74) is 3.34. The zero-order valence-corrected chi connectivity index (χ0v) is 12.8. The summed E-state index contributed by atoms with van der Waals surface area (Å²) in [4.78, 5) is 20.7. The van der Waals surface area contributed by atoms with Crippen molar-refractivity contribution in [2.45, 2.75) is 13.8 Å². The molecule has 0 aliphatic carbocycles. The first-order valence-electron chi connectivity index (χ1n) is 7.16. The third-order valence-corrected chi connectivity index (χ3v) is 3.58. The van der Waals surface area contributed by atoms with Crippen LogP contribution in [0.5, 0.6) is 0 Å². The van der Waals surface area contributed by atoms with Crippen LogP contribution in [0.3, 0.4) is 0 Å². The average Bonchev–Trinajstić information content (AvgIpc) is 2.84. The lowest BCUT2D eigenvalue weighted by molar-refractivity contribution is 0.0516. The third kappa shape index (κ3) is 2.45. The number of nitrogens with zero attached hydrogens (tertiary/aromatic N) is 3. The highest BCUT2D eigenvalue weighted by Gasteiger charge is 2.15. The molecule has 0 N–H and O–H groups in total. The van der Waals surface area contributed by atoms with E-state index < -0.39 is 0 Å². The molecule has 0 fully saturated rings. The number of esters is 1. The second-order valence-corrected chi connectivity index (χ2v) is 5.10. The monoisotopic (exact) mass is 295 g/mol. The fraction of sp³-hybridized carbons (Fsp3) is 0.235. The summed E-state index contributed by atoms with van der Waals surface area (Å²) in [6, 6.07) is 9.63. The molecule has 0 bridgehead atoms. The van der Waals surface area contributed by atoms with Crippen LogP contribution in [0.15, 0.2) is 36.5 Å². The van der Waals surface area contributed by atoms with E-state index in [1.807, 2.05) is 48.9 Å². The summed E-state index contributed by atoms with van der Waals surface area (Å²) in [6.45, 7) is 4.10. The molecule has 0 saturated carbocycles. The minimum Gasteiger partial charge on any atom is -0.461 e. The summed E-state index contributed by atoms with van der Waals surface area (Å²) < 4.78 is 6.92. The molecule has 112 valence electrons. The number of ether oxygens (including phenoxy) is 1. The van der Waals surface area contributed by atoms with E-state index in [1.165, 1.54) is 0 Å². The van der Waals surface area contributed by atoms with Gasteiger partial charge in [0.15, 0.2) is 5.82 Å². The van der Waals surface area contributed by atoms with E-state index in [-0.39, 0.29) is 5.97 Å². The Bertz CT molecular complexity index is 852. The van der Waals surface area contributed by atoms with Gasteiger partial charge < -0.3 is 9.30 Å². The fourth-order valence-corrected chi connectivity index (χ4v) is 2.46. The first-order chi connectivity index (χ1) is 10.6. The van der Waals surface area contributed by atoms with Gasteiger partial charge in [0, 0.05) is 35.4 Å². The minimum absolute atomic E-state index is 0.311. The van der Waals surface area contributed by atoms with Crippen LogP contribution in [0.1, 0.15) is 23.1 Å². The number of benzene rings is 1. The molecular formula is C17H17N3O2. The summed E-state index contributed by atoms with van der Waals surface area (Å²) in [5.74, 6) is 0.371. The summed E-state index contributed by atoms with van der Waals surface area (Å²) >= 11 is 0. The number of carbonyl (C=O) groups is 1. The molecule has 0 unspecified atom stereocenters. The first kappa shape index (κ1) is 14.3. The third-order valence-electron chi connectivity index (χ3n) is 3.58. The maximum atomic E-state index is 12.0. The molecular weight excluding hydrogens is 278 g/mol. The summed E-state index contributed by atoms with van der Waals surface area (Å²) in [5, 5.41) is 0.988. The number of rotatable bonds is 3. The second-order valence-electron chi connectivity index (χ2n) is 5.10. The minimum atomic E-state index is -0.311. The van der Waals surface area contributed by atoms with Crippen LogP contribution >= 0.6 is 0 Å². The van der Waals surface area contributed by atoms with Crippen molar-refractivity contribution in [1.82, 2.24) is 14.5 Å². The molecule has 0 radical (unpaired) electrons. The van der Waals surface area contributed by atoms with Gasteiger partial charge in [-0.3, -0.25) is 0 Å². The van der Waals surface area contributed by atoms with Gasteiger partial charge in [-0.2, -0.15) is 0 Å². The van der Waals surface area contributed by atoms with Gasteiger partial charge in [-0.25, -0.2) is 14.8 Å². The Labute approximate surface area is 128 Å². The summed E-state index contributed by atoms with van der Waals surface area (Å²) in [7, 11) is 1.86. The van der Waals surface area contributed by atoms with Crippen LogP contribution in [-0.4, -0.2) is 27.1 Å². The lowest BCUT2D eigenvalue weighted by Gasteiger charge is -2.05. The Morgan fingerprint density at radius 1 is 1.27 bits per heavy atom. The van der Waals surface area contributed by atoms with Crippen molar-refractivity contribution in [3.05, 3.63) is 47.9 Å². The standard InChI is InChI=1S/C17H17N3O2/c1-4-22-17(21)15-9-12-5-6-13(10-14(12)20(15)3)16-18-8-7-11(2)19-16/h5-10H,4H2,1-3H3. The van der Waals surface area contributed by atoms with Gasteiger partial charge in [-0.05, 0) is 32.0 Å². The Balaban J connectivity index is 2.10. The molecule has 0 spiro atoms. The second kappa shape index (κ2) is 5.60. The normalized spacial score (nSPS) is 10.9. The van der Waals surface area contributed by atoms with E-state index in [4.69, 9.17) is 4.74 Å². The molecule has 0 amide bonds. The first-order valence-corrected chi connectivity index (χ1v) is 7.16. The van der Waals surface area contributed by atoms with Gasteiger partial charge in [-0.15, -0.1) is 0 Å². The van der Waals surface area contributed by atoms with E-state index in [1.54, 1.807) is 13.1 Å². The SMILES string of the molecule is CCOC(=O)c1cc2ccc(-c3nccc(C)n3)cc2n1C. The Morgan fingerprint density at radius 3 is 2.82 bits per heavy atom. The van der Waals surface area contributed by atoms with Crippen molar-refractivity contribution in [2.24, 2.45) is 7.05 Å². The van der Waals surface area contributed by atoms with Gasteiger partial charge in [-0.1, -0.05) is 12.1 Å². The number of hydrogen-bond donors (Lipinski definition) is 0. The highest BCUT2D eigenvalue weighted by molar-refractivity contribution is 5.96. The number of aryl methyl sites for hydroxylation is 2. The highest BCUT2D eigenvalue weighted by atomic mass is 16.5. The number of fused-ring (bicyclic) bond motifs is 1. The highest BCUT2D eigenvalue weighted by Crippen LogP contribution is 2.25. The molecule has 2 heterocycles. The lowest BCUT2D eigenvalue weighted by Crippen LogP contribution is -2.09. The lowest BCUT2D eigenvalue weighted by atomic mass is 10.1. The average molecular weight is 295 g/mol. The molecule has 3 rings (SSSR count). The van der Waals surface area contributed by atoms with E-state index in [0.717, 1.165) is 22.2 Å². The molecule has 0 aliphatic heterocycles. The molecule has 0 atom stereocenters. The van der Waals surface area contributed by atoms with Crippen LogP contribution in [0.25, 0.3) is 22.3 Å². The van der Waals surface area contributed by atoms with Crippen LogP contribution in [-0.2, 0) is 11.8 Å². The molecule has 5 heteroatoms. The fourth-order valence-electron chi connectivity index (χ4n) is 2.46. The maximum absolute atomic E-state index is 12.0. The van der Waals surface area contributed by atoms with Crippen LogP contribution in [0.4, 0.5) is 0 Å². The van der Waals surface area contributed by atoms with Gasteiger partial charge in [0.2, 0.25) is 0 Å². The number of hydrogen-bond acceptors (Lipinski definition) is 4. The van der Waals surface area contributed by atoms with Gasteiger partial charge in [0.1, 0.15) is 5.69 Å². The van der Waals surface area contributed by atoms with Crippen molar-refractivity contribution in [3.8, 4) is 11.4 Å². The molecule has 1 aromatic carbocycles. The zero-order valence-electron chi connectivity index (χ0n) is 12.8. The van der Waals surface area contributed by atoms with E-state index >= 15 is 0 Å². The summed E-state index contributed by atoms with van der Waals surface area (Å²) in [6.07, 6.45) is 1.75. The van der Waals surface area contributed by atoms with Crippen LogP contribution in [0, 0.1) is 6.92 Å². The van der Waals surface area contributed by atoms with E-state index in [0.29, 0.717) is 18.1 Å².